The zero-order valence-electron chi connectivity index (χ0n) is 20.7. The molecule has 1 aliphatic carbocycles. The molecule has 1 fully saturated rings. The number of benzene rings is 2. The van der Waals surface area contributed by atoms with E-state index in [2.05, 4.69) is 0 Å². The van der Waals surface area contributed by atoms with E-state index in [1.165, 1.54) is 7.11 Å². The van der Waals surface area contributed by atoms with Gasteiger partial charge in [-0.25, -0.2) is 18.6 Å². The quantitative estimate of drug-likeness (QED) is 0.502. The van der Waals surface area contributed by atoms with Crippen LogP contribution in [0.3, 0.4) is 0 Å². The summed E-state index contributed by atoms with van der Waals surface area (Å²) in [6.07, 6.45) is 1.64. The molecule has 1 aliphatic heterocycles. The van der Waals surface area contributed by atoms with Gasteiger partial charge in [-0.05, 0) is 68.9 Å². The summed E-state index contributed by atoms with van der Waals surface area (Å²) in [4.78, 5) is 30.7. The molecule has 5 rings (SSSR count). The summed E-state index contributed by atoms with van der Waals surface area (Å²) in [6.45, 7) is 1.93. The Bertz CT molecular complexity index is 1350. The van der Waals surface area contributed by atoms with Gasteiger partial charge in [-0.15, -0.1) is 0 Å². The topological polar surface area (TPSA) is 105 Å². The molecule has 0 spiro atoms. The summed E-state index contributed by atoms with van der Waals surface area (Å²) >= 11 is 0. The maximum Gasteiger partial charge on any atom is 0.414 e. The highest BCUT2D eigenvalue weighted by molar-refractivity contribution is 5.95. The normalized spacial score (nSPS) is 22.5. The van der Waals surface area contributed by atoms with Gasteiger partial charge >= 0.3 is 12.1 Å². The van der Waals surface area contributed by atoms with Crippen LogP contribution in [-0.4, -0.2) is 45.0 Å². The maximum absolute atomic E-state index is 14.0. The number of carboxylic acid groups (broad SMARTS) is 1. The van der Waals surface area contributed by atoms with E-state index in [4.69, 9.17) is 9.72 Å². The van der Waals surface area contributed by atoms with Crippen LogP contribution in [0.15, 0.2) is 30.3 Å². The number of carboxylic acids is 1. The Kier molecular flexibility index (Phi) is 6.61. The summed E-state index contributed by atoms with van der Waals surface area (Å²) in [5, 5.41) is 21.0. The lowest BCUT2D eigenvalue weighted by Crippen LogP contribution is -2.42. The SMILES string of the molecule is COC(=O)N1c2ccc3c(nc(C(O)c4cc(F)cc(F)c4)n3C3CCCC(C(=O)O)C3)c2CC[C@@H]1C. The molecular formula is C27H29F2N3O5. The van der Waals surface area contributed by atoms with Crippen LogP contribution in [0.4, 0.5) is 19.3 Å². The van der Waals surface area contributed by atoms with E-state index in [1.807, 2.05) is 23.6 Å². The van der Waals surface area contributed by atoms with Crippen molar-refractivity contribution in [2.24, 2.45) is 5.92 Å². The van der Waals surface area contributed by atoms with Crippen LogP contribution < -0.4 is 4.90 Å². The van der Waals surface area contributed by atoms with Crippen LogP contribution in [0, 0.1) is 17.6 Å². The Hall–Kier alpha value is -3.53. The van der Waals surface area contributed by atoms with Crippen molar-refractivity contribution in [1.82, 2.24) is 9.55 Å². The van der Waals surface area contributed by atoms with Crippen molar-refractivity contribution in [1.29, 1.82) is 0 Å². The number of rotatable bonds is 4. The molecule has 0 bridgehead atoms. The minimum Gasteiger partial charge on any atom is -0.481 e. The number of aliphatic carboxylic acids is 1. The summed E-state index contributed by atoms with van der Waals surface area (Å²) in [5.41, 5.74) is 2.73. The summed E-state index contributed by atoms with van der Waals surface area (Å²) in [7, 11) is 1.32. The highest BCUT2D eigenvalue weighted by Gasteiger charge is 2.35. The lowest BCUT2D eigenvalue weighted by atomic mass is 9.85. The maximum atomic E-state index is 14.0. The van der Waals surface area contributed by atoms with Crippen molar-refractivity contribution >= 4 is 28.8 Å². The number of aliphatic hydroxyl groups is 1. The molecule has 2 aliphatic rings. The van der Waals surface area contributed by atoms with E-state index in [0.29, 0.717) is 55.2 Å². The van der Waals surface area contributed by atoms with Crippen LogP contribution in [0.5, 0.6) is 0 Å². The Morgan fingerprint density at radius 1 is 1.14 bits per heavy atom. The largest absolute Gasteiger partial charge is 0.481 e. The van der Waals surface area contributed by atoms with E-state index in [1.54, 1.807) is 4.90 Å². The molecule has 10 heteroatoms. The minimum absolute atomic E-state index is 0.0123. The van der Waals surface area contributed by atoms with Crippen molar-refractivity contribution in [2.75, 3.05) is 12.0 Å². The highest BCUT2D eigenvalue weighted by Crippen LogP contribution is 2.42. The zero-order chi connectivity index (χ0) is 26.4. The average Bonchev–Trinajstić information content (AvgIpc) is 3.27. The van der Waals surface area contributed by atoms with Crippen LogP contribution in [0.1, 0.15) is 68.1 Å². The Morgan fingerprint density at radius 3 is 2.54 bits per heavy atom. The molecule has 37 heavy (non-hydrogen) atoms. The first-order valence-corrected chi connectivity index (χ1v) is 12.5. The second-order valence-electron chi connectivity index (χ2n) is 9.96. The number of aryl methyl sites for hydroxylation is 1. The van der Waals surface area contributed by atoms with Gasteiger partial charge < -0.3 is 19.5 Å². The number of carbonyl (C=O) groups is 2. The van der Waals surface area contributed by atoms with Crippen LogP contribution in [0.2, 0.25) is 0 Å². The number of imidazole rings is 1. The van der Waals surface area contributed by atoms with E-state index in [-0.39, 0.29) is 23.5 Å². The van der Waals surface area contributed by atoms with Gasteiger partial charge in [0.05, 0.1) is 29.7 Å². The van der Waals surface area contributed by atoms with Gasteiger partial charge in [0, 0.05) is 23.7 Å². The molecule has 1 aromatic heterocycles. The van der Waals surface area contributed by atoms with Gasteiger partial charge in [-0.3, -0.25) is 9.69 Å². The van der Waals surface area contributed by atoms with Crippen molar-refractivity contribution in [3.05, 3.63) is 58.9 Å². The van der Waals surface area contributed by atoms with Crippen molar-refractivity contribution in [2.45, 2.75) is 63.6 Å². The van der Waals surface area contributed by atoms with Gasteiger partial charge in [0.25, 0.3) is 0 Å². The van der Waals surface area contributed by atoms with Gasteiger partial charge in [0.2, 0.25) is 0 Å². The number of nitrogens with zero attached hydrogens (tertiary/aromatic N) is 3. The van der Waals surface area contributed by atoms with Crippen LogP contribution in [-0.2, 0) is 16.0 Å². The van der Waals surface area contributed by atoms with Gasteiger partial charge in [0.15, 0.2) is 0 Å². The number of anilines is 1. The fourth-order valence-corrected chi connectivity index (χ4v) is 5.87. The number of carbonyl (C=O) groups excluding carboxylic acids is 1. The molecular weight excluding hydrogens is 484 g/mol. The number of hydrogen-bond donors (Lipinski definition) is 2. The second kappa shape index (κ2) is 9.74. The monoisotopic (exact) mass is 513 g/mol. The molecule has 1 amide bonds. The van der Waals surface area contributed by atoms with Gasteiger partial charge in [-0.1, -0.05) is 6.42 Å². The van der Waals surface area contributed by atoms with Crippen LogP contribution in [0.25, 0.3) is 11.0 Å². The lowest BCUT2D eigenvalue weighted by Gasteiger charge is -2.34. The number of aliphatic hydroxyl groups excluding tert-OH is 1. The molecule has 196 valence electrons. The minimum atomic E-state index is -1.45. The molecule has 4 atom stereocenters. The second-order valence-corrected chi connectivity index (χ2v) is 9.96. The molecule has 3 unspecified atom stereocenters. The number of ether oxygens (including phenoxy) is 1. The Morgan fingerprint density at radius 2 is 1.86 bits per heavy atom. The predicted molar refractivity (Wildman–Crippen MR) is 131 cm³/mol. The third kappa shape index (κ3) is 4.43. The number of hydrogen-bond acceptors (Lipinski definition) is 5. The highest BCUT2D eigenvalue weighted by atomic mass is 19.1. The number of fused-ring (bicyclic) bond motifs is 3. The third-order valence-corrected chi connectivity index (χ3v) is 7.66. The summed E-state index contributed by atoms with van der Waals surface area (Å²) < 4.78 is 34.9. The number of methoxy groups -OCH3 is 1. The fourth-order valence-electron chi connectivity index (χ4n) is 5.87. The average molecular weight is 514 g/mol. The molecule has 1 saturated carbocycles. The summed E-state index contributed by atoms with van der Waals surface area (Å²) in [6, 6.07) is 6.12. The van der Waals surface area contributed by atoms with Crippen molar-refractivity contribution in [3.8, 4) is 0 Å². The van der Waals surface area contributed by atoms with Gasteiger partial charge in [-0.2, -0.15) is 0 Å². The molecule has 8 nitrogen and oxygen atoms in total. The van der Waals surface area contributed by atoms with Gasteiger partial charge in [0.1, 0.15) is 23.6 Å². The number of aromatic nitrogens is 2. The molecule has 2 aromatic carbocycles. The van der Waals surface area contributed by atoms with E-state index >= 15 is 0 Å². The Labute approximate surface area is 212 Å². The smallest absolute Gasteiger partial charge is 0.414 e. The lowest BCUT2D eigenvalue weighted by molar-refractivity contribution is -0.143. The number of halogens is 2. The van der Waals surface area contributed by atoms with Crippen LogP contribution >= 0.6 is 0 Å². The van der Waals surface area contributed by atoms with E-state index < -0.39 is 35.7 Å². The van der Waals surface area contributed by atoms with E-state index in [0.717, 1.165) is 23.8 Å². The molecule has 2 N–H and O–H groups in total. The van der Waals surface area contributed by atoms with Crippen molar-refractivity contribution in [3.63, 3.8) is 0 Å². The molecule has 3 aromatic rings. The van der Waals surface area contributed by atoms with Crippen molar-refractivity contribution < 1.29 is 33.3 Å². The Balaban J connectivity index is 1.71. The van der Waals surface area contributed by atoms with E-state index in [9.17, 15) is 28.6 Å². The molecule has 0 saturated heterocycles. The first-order chi connectivity index (χ1) is 17.7. The molecule has 2 heterocycles. The zero-order valence-corrected chi connectivity index (χ0v) is 20.7. The number of amides is 1. The first kappa shape index (κ1) is 25.1. The third-order valence-electron chi connectivity index (χ3n) is 7.66. The predicted octanol–water partition coefficient (Wildman–Crippen LogP) is 5.12. The standard InChI is InChI=1S/C27H29F2N3O5/c1-14-6-7-20-21(31(14)27(36)37-2)8-9-22-23(20)30-25(24(33)16-10-17(28)13-18(29)11-16)32(22)19-5-3-4-15(12-19)26(34)35/h8-11,13-15,19,24,33H,3-7,12H2,1-2H3,(H,34,35)/t14-,15?,19?,24?/m0/s1. The first-order valence-electron chi connectivity index (χ1n) is 12.5. The molecule has 0 radical (unpaired) electrons. The summed E-state index contributed by atoms with van der Waals surface area (Å²) in [5.74, 6) is -2.86. The fraction of sp³-hybridized carbons (Fsp3) is 0.444.